The normalized spacial score (nSPS) is 11.4. The van der Waals surface area contributed by atoms with Gasteiger partial charge >= 0.3 is 0 Å². The Morgan fingerprint density at radius 3 is 1.90 bits per heavy atom. The maximum Gasteiger partial charge on any atom is 0.227 e. The van der Waals surface area contributed by atoms with E-state index in [1.54, 1.807) is 0 Å². The van der Waals surface area contributed by atoms with Gasteiger partial charge in [0.15, 0.2) is 5.58 Å². The molecule has 0 aliphatic heterocycles. The average Bonchev–Trinajstić information content (AvgIpc) is 3.22. The lowest BCUT2D eigenvalue weighted by atomic mass is 10.0. The van der Waals surface area contributed by atoms with Crippen molar-refractivity contribution in [3.05, 3.63) is 114 Å². The monoisotopic (exact) mass is 387 g/mol. The highest BCUT2D eigenvalue weighted by molar-refractivity contribution is 5.77. The predicted octanol–water partition coefficient (Wildman–Crippen LogP) is 7.64. The van der Waals surface area contributed by atoms with Crippen LogP contribution in [0.3, 0.4) is 0 Å². The lowest BCUT2D eigenvalue weighted by molar-refractivity contribution is 0.620. The standard InChI is InChI=1S/C28H21NO/c1-20-7-18-27-26(19-20)29-28(30-27)25-16-12-22(13-17-25)9-8-21-10-14-24(15-11-21)23-5-3-2-4-6-23/h2-19H,1H3. The molecule has 2 heteroatoms. The zero-order valence-electron chi connectivity index (χ0n) is 16.7. The van der Waals surface area contributed by atoms with Gasteiger partial charge < -0.3 is 4.42 Å². The van der Waals surface area contributed by atoms with Crippen LogP contribution >= 0.6 is 0 Å². The summed E-state index contributed by atoms with van der Waals surface area (Å²) in [5, 5.41) is 0. The van der Waals surface area contributed by atoms with Crippen LogP contribution in [0.1, 0.15) is 16.7 Å². The first-order valence-corrected chi connectivity index (χ1v) is 10.1. The molecule has 5 aromatic rings. The molecular weight excluding hydrogens is 366 g/mol. The van der Waals surface area contributed by atoms with Gasteiger partial charge in [-0.2, -0.15) is 0 Å². The number of aromatic nitrogens is 1. The zero-order valence-corrected chi connectivity index (χ0v) is 16.7. The maximum atomic E-state index is 5.90. The number of hydrogen-bond donors (Lipinski definition) is 0. The SMILES string of the molecule is Cc1ccc2oc(-c3ccc(C=Cc4ccc(-c5ccccc5)cc4)cc3)nc2c1. The fourth-order valence-electron chi connectivity index (χ4n) is 3.51. The number of hydrogen-bond acceptors (Lipinski definition) is 2. The first kappa shape index (κ1) is 18.1. The molecule has 0 fully saturated rings. The Balaban J connectivity index is 1.32. The van der Waals surface area contributed by atoms with Crippen molar-refractivity contribution in [2.75, 3.05) is 0 Å². The highest BCUT2D eigenvalue weighted by Gasteiger charge is 2.08. The maximum absolute atomic E-state index is 5.90. The molecule has 1 heterocycles. The topological polar surface area (TPSA) is 26.0 Å². The van der Waals surface area contributed by atoms with E-state index < -0.39 is 0 Å². The summed E-state index contributed by atoms with van der Waals surface area (Å²) in [6, 6.07) is 33.4. The molecule has 0 atom stereocenters. The van der Waals surface area contributed by atoms with Gasteiger partial charge in [0.05, 0.1) is 0 Å². The second-order valence-corrected chi connectivity index (χ2v) is 7.43. The van der Waals surface area contributed by atoms with Gasteiger partial charge in [-0.3, -0.25) is 0 Å². The van der Waals surface area contributed by atoms with E-state index in [9.17, 15) is 0 Å². The second kappa shape index (κ2) is 7.84. The van der Waals surface area contributed by atoms with Gasteiger partial charge in [0.2, 0.25) is 5.89 Å². The molecule has 0 radical (unpaired) electrons. The third-order valence-electron chi connectivity index (χ3n) is 5.19. The fraction of sp³-hybridized carbons (Fsp3) is 0.0357. The Hall–Kier alpha value is -3.91. The van der Waals surface area contributed by atoms with Crippen LogP contribution in [0.5, 0.6) is 0 Å². The molecule has 0 spiro atoms. The molecule has 0 amide bonds. The van der Waals surface area contributed by atoms with Crippen molar-refractivity contribution in [1.29, 1.82) is 0 Å². The van der Waals surface area contributed by atoms with Crippen molar-refractivity contribution in [1.82, 2.24) is 4.98 Å². The number of fused-ring (bicyclic) bond motifs is 1. The van der Waals surface area contributed by atoms with Crippen LogP contribution in [0.25, 0.3) is 45.8 Å². The summed E-state index contributed by atoms with van der Waals surface area (Å²) in [7, 11) is 0. The van der Waals surface area contributed by atoms with Crippen LogP contribution < -0.4 is 0 Å². The van der Waals surface area contributed by atoms with Crippen molar-refractivity contribution in [3.63, 3.8) is 0 Å². The fourth-order valence-corrected chi connectivity index (χ4v) is 3.51. The van der Waals surface area contributed by atoms with E-state index in [2.05, 4.69) is 96.9 Å². The van der Waals surface area contributed by atoms with E-state index in [0.29, 0.717) is 5.89 Å². The van der Waals surface area contributed by atoms with Gasteiger partial charge in [-0.25, -0.2) is 4.98 Å². The number of oxazole rings is 1. The average molecular weight is 387 g/mol. The molecule has 0 saturated carbocycles. The molecule has 0 N–H and O–H groups in total. The highest BCUT2D eigenvalue weighted by Crippen LogP contribution is 2.26. The molecule has 2 nitrogen and oxygen atoms in total. The van der Waals surface area contributed by atoms with Crippen molar-refractivity contribution < 1.29 is 4.42 Å². The number of rotatable bonds is 4. The van der Waals surface area contributed by atoms with Gasteiger partial charge in [0.25, 0.3) is 0 Å². The molecule has 1 aromatic heterocycles. The van der Waals surface area contributed by atoms with E-state index >= 15 is 0 Å². The summed E-state index contributed by atoms with van der Waals surface area (Å²) in [6.45, 7) is 2.06. The molecule has 144 valence electrons. The third kappa shape index (κ3) is 3.81. The van der Waals surface area contributed by atoms with Crippen molar-refractivity contribution in [2.45, 2.75) is 6.92 Å². The molecule has 0 aliphatic carbocycles. The lowest BCUT2D eigenvalue weighted by Crippen LogP contribution is -1.79. The highest BCUT2D eigenvalue weighted by atomic mass is 16.3. The Kier molecular flexibility index (Phi) is 4.74. The third-order valence-corrected chi connectivity index (χ3v) is 5.19. The molecule has 4 aromatic carbocycles. The van der Waals surface area contributed by atoms with Crippen LogP contribution in [-0.4, -0.2) is 4.98 Å². The minimum atomic E-state index is 0.655. The van der Waals surface area contributed by atoms with Gasteiger partial charge in [-0.1, -0.05) is 84.9 Å². The first-order valence-electron chi connectivity index (χ1n) is 10.1. The van der Waals surface area contributed by atoms with Gasteiger partial charge in [0.1, 0.15) is 5.52 Å². The van der Waals surface area contributed by atoms with E-state index in [0.717, 1.165) is 22.2 Å². The van der Waals surface area contributed by atoms with Gasteiger partial charge in [-0.15, -0.1) is 0 Å². The smallest absolute Gasteiger partial charge is 0.227 e. The largest absolute Gasteiger partial charge is 0.436 e. The second-order valence-electron chi connectivity index (χ2n) is 7.43. The van der Waals surface area contributed by atoms with Crippen LogP contribution in [0, 0.1) is 6.92 Å². The summed E-state index contributed by atoms with van der Waals surface area (Å²) in [6.07, 6.45) is 4.25. The van der Waals surface area contributed by atoms with Crippen LogP contribution in [0.4, 0.5) is 0 Å². The first-order chi connectivity index (χ1) is 14.7. The van der Waals surface area contributed by atoms with E-state index in [1.807, 2.05) is 24.3 Å². The van der Waals surface area contributed by atoms with Crippen molar-refractivity contribution in [3.8, 4) is 22.6 Å². The number of aryl methyl sites for hydroxylation is 1. The Labute approximate surface area is 176 Å². The summed E-state index contributed by atoms with van der Waals surface area (Å²) in [4.78, 5) is 4.62. The molecule has 30 heavy (non-hydrogen) atoms. The Morgan fingerprint density at radius 2 is 1.23 bits per heavy atom. The summed E-state index contributed by atoms with van der Waals surface area (Å²) in [5.74, 6) is 0.655. The zero-order chi connectivity index (χ0) is 20.3. The van der Waals surface area contributed by atoms with Crippen molar-refractivity contribution in [2.24, 2.45) is 0 Å². The summed E-state index contributed by atoms with van der Waals surface area (Å²) in [5.41, 5.74) is 8.65. The summed E-state index contributed by atoms with van der Waals surface area (Å²) >= 11 is 0. The molecule has 0 saturated heterocycles. The minimum Gasteiger partial charge on any atom is -0.436 e. The van der Waals surface area contributed by atoms with Crippen LogP contribution in [0.15, 0.2) is 101 Å². The van der Waals surface area contributed by atoms with E-state index in [-0.39, 0.29) is 0 Å². The molecule has 5 rings (SSSR count). The molecule has 0 unspecified atom stereocenters. The molecular formula is C28H21NO. The van der Waals surface area contributed by atoms with Crippen LogP contribution in [0.2, 0.25) is 0 Å². The summed E-state index contributed by atoms with van der Waals surface area (Å²) < 4.78 is 5.90. The van der Waals surface area contributed by atoms with Gasteiger partial charge in [-0.05, 0) is 59.0 Å². The Bertz CT molecular complexity index is 1310. The van der Waals surface area contributed by atoms with Gasteiger partial charge in [0, 0.05) is 5.56 Å². The van der Waals surface area contributed by atoms with Crippen LogP contribution in [-0.2, 0) is 0 Å². The van der Waals surface area contributed by atoms with E-state index in [1.165, 1.54) is 22.3 Å². The number of benzene rings is 4. The van der Waals surface area contributed by atoms with E-state index in [4.69, 9.17) is 4.42 Å². The lowest BCUT2D eigenvalue weighted by Gasteiger charge is -2.02. The Morgan fingerprint density at radius 1 is 0.633 bits per heavy atom. The van der Waals surface area contributed by atoms with Crippen molar-refractivity contribution >= 4 is 23.3 Å². The quantitative estimate of drug-likeness (QED) is 0.296. The number of nitrogens with zero attached hydrogens (tertiary/aromatic N) is 1. The predicted molar refractivity (Wildman–Crippen MR) is 125 cm³/mol. The molecule has 0 bridgehead atoms. The molecule has 0 aliphatic rings. The minimum absolute atomic E-state index is 0.655.